The van der Waals surface area contributed by atoms with Crippen LogP contribution in [0.2, 0.25) is 10.0 Å². The second-order valence-electron chi connectivity index (χ2n) is 7.68. The Labute approximate surface area is 201 Å². The molecule has 1 aromatic heterocycles. The number of rotatable bonds is 5. The molecule has 0 bridgehead atoms. The van der Waals surface area contributed by atoms with Gasteiger partial charge in [0, 0.05) is 24.5 Å². The summed E-state index contributed by atoms with van der Waals surface area (Å²) in [4.78, 5) is 31.8. The Kier molecular flexibility index (Phi) is 6.40. The number of ether oxygens (including phenoxy) is 1. The molecule has 168 valence electrons. The topological polar surface area (TPSA) is 79.7 Å². The first kappa shape index (κ1) is 22.8. The van der Waals surface area contributed by atoms with Gasteiger partial charge in [-0.25, -0.2) is 0 Å². The zero-order valence-electron chi connectivity index (χ0n) is 17.9. The van der Waals surface area contributed by atoms with Crippen LogP contribution in [-0.2, 0) is 16.1 Å². The number of hydrogen-bond donors (Lipinski definition) is 1. The second-order valence-corrected chi connectivity index (χ2v) is 8.49. The number of nitrogens with zero attached hydrogens (tertiary/aromatic N) is 2. The van der Waals surface area contributed by atoms with Crippen LogP contribution < -0.4 is 4.74 Å². The van der Waals surface area contributed by atoms with E-state index in [2.05, 4.69) is 4.98 Å². The number of ketones is 1. The molecule has 1 aliphatic heterocycles. The first-order valence-corrected chi connectivity index (χ1v) is 10.8. The molecule has 1 fully saturated rings. The lowest BCUT2D eigenvalue weighted by atomic mass is 9.94. The van der Waals surface area contributed by atoms with Crippen LogP contribution in [0.1, 0.15) is 28.3 Å². The van der Waals surface area contributed by atoms with Crippen molar-refractivity contribution in [1.29, 1.82) is 0 Å². The Hall–Kier alpha value is -3.35. The normalized spacial score (nSPS) is 17.5. The van der Waals surface area contributed by atoms with E-state index < -0.39 is 17.7 Å². The molecule has 3 aromatic rings. The van der Waals surface area contributed by atoms with Gasteiger partial charge in [-0.05, 0) is 36.2 Å². The SMILES string of the molecule is COc1c(Cl)cc(/C(O)=C2\C(=O)C(=O)N(Cc3cccnc3)C2c2cccc(C)c2)cc1Cl. The molecule has 1 unspecified atom stereocenters. The van der Waals surface area contributed by atoms with E-state index in [0.717, 1.165) is 11.1 Å². The van der Waals surface area contributed by atoms with Gasteiger partial charge in [0.05, 0.1) is 28.8 Å². The van der Waals surface area contributed by atoms with Crippen LogP contribution in [0.25, 0.3) is 5.76 Å². The van der Waals surface area contributed by atoms with Gasteiger partial charge in [-0.2, -0.15) is 0 Å². The van der Waals surface area contributed by atoms with Crippen molar-refractivity contribution < 1.29 is 19.4 Å². The van der Waals surface area contributed by atoms with Crippen LogP contribution >= 0.6 is 23.2 Å². The molecule has 0 aliphatic carbocycles. The first-order valence-electron chi connectivity index (χ1n) is 10.1. The van der Waals surface area contributed by atoms with Gasteiger partial charge in [0.25, 0.3) is 11.7 Å². The number of aliphatic hydroxyl groups excluding tert-OH is 1. The smallest absolute Gasteiger partial charge is 0.295 e. The average molecular weight is 483 g/mol. The second kappa shape index (κ2) is 9.25. The number of aliphatic hydroxyl groups is 1. The van der Waals surface area contributed by atoms with Crippen LogP contribution in [0.4, 0.5) is 0 Å². The van der Waals surface area contributed by atoms with Gasteiger partial charge in [-0.1, -0.05) is 59.1 Å². The molecule has 1 atom stereocenters. The number of methoxy groups -OCH3 is 1. The van der Waals surface area contributed by atoms with Crippen molar-refractivity contribution in [2.45, 2.75) is 19.5 Å². The van der Waals surface area contributed by atoms with Crippen molar-refractivity contribution in [2.24, 2.45) is 0 Å². The molecule has 8 heteroatoms. The Balaban J connectivity index is 1.90. The maximum absolute atomic E-state index is 13.2. The van der Waals surface area contributed by atoms with Gasteiger partial charge in [-0.3, -0.25) is 14.6 Å². The van der Waals surface area contributed by atoms with Crippen LogP contribution in [0, 0.1) is 6.92 Å². The molecule has 0 spiro atoms. The Morgan fingerprint density at radius 1 is 1.12 bits per heavy atom. The minimum Gasteiger partial charge on any atom is -0.507 e. The summed E-state index contributed by atoms with van der Waals surface area (Å²) in [6, 6.07) is 13.1. The highest BCUT2D eigenvalue weighted by molar-refractivity contribution is 6.46. The van der Waals surface area contributed by atoms with Crippen LogP contribution in [0.15, 0.2) is 66.5 Å². The molecule has 1 amide bonds. The molecule has 1 N–H and O–H groups in total. The highest BCUT2D eigenvalue weighted by atomic mass is 35.5. The number of pyridine rings is 1. The summed E-state index contributed by atoms with van der Waals surface area (Å²) < 4.78 is 5.16. The predicted molar refractivity (Wildman–Crippen MR) is 126 cm³/mol. The van der Waals surface area contributed by atoms with Gasteiger partial charge in [0.2, 0.25) is 0 Å². The number of amides is 1. The van der Waals surface area contributed by atoms with Crippen molar-refractivity contribution in [3.8, 4) is 5.75 Å². The molecular weight excluding hydrogens is 463 g/mol. The number of carbonyl (C=O) groups is 2. The van der Waals surface area contributed by atoms with Crippen molar-refractivity contribution in [1.82, 2.24) is 9.88 Å². The summed E-state index contributed by atoms with van der Waals surface area (Å²) in [5.74, 6) is -1.61. The Morgan fingerprint density at radius 3 is 2.45 bits per heavy atom. The standard InChI is InChI=1S/C25H20Cl2N2O4/c1-14-5-3-7-16(9-14)21-20(22(30)17-10-18(26)24(33-2)19(27)11-17)23(31)25(32)29(21)13-15-6-4-8-28-12-15/h3-12,21,30H,13H2,1-2H3/b22-20+. The average Bonchev–Trinajstić information content (AvgIpc) is 3.04. The number of aromatic nitrogens is 1. The molecule has 6 nitrogen and oxygen atoms in total. The first-order chi connectivity index (χ1) is 15.8. The number of aryl methyl sites for hydroxylation is 1. The largest absolute Gasteiger partial charge is 0.507 e. The summed E-state index contributed by atoms with van der Waals surface area (Å²) in [5, 5.41) is 11.6. The maximum atomic E-state index is 13.2. The molecule has 2 aromatic carbocycles. The fourth-order valence-electron chi connectivity index (χ4n) is 3.97. The Morgan fingerprint density at radius 2 is 1.85 bits per heavy atom. The van der Waals surface area contributed by atoms with Crippen molar-refractivity contribution in [3.63, 3.8) is 0 Å². The molecule has 2 heterocycles. The van der Waals surface area contributed by atoms with Gasteiger partial charge in [0.15, 0.2) is 5.75 Å². The number of likely N-dealkylation sites (tertiary alicyclic amines) is 1. The zero-order chi connectivity index (χ0) is 23.7. The van der Waals surface area contributed by atoms with E-state index in [1.165, 1.54) is 24.1 Å². The molecule has 1 aliphatic rings. The zero-order valence-corrected chi connectivity index (χ0v) is 19.4. The van der Waals surface area contributed by atoms with Crippen molar-refractivity contribution in [2.75, 3.05) is 7.11 Å². The number of halogens is 2. The molecular formula is C25H20Cl2N2O4. The van der Waals surface area contributed by atoms with Crippen LogP contribution in [-0.4, -0.2) is 33.8 Å². The van der Waals surface area contributed by atoms with Crippen molar-refractivity contribution >= 4 is 40.7 Å². The quantitative estimate of drug-likeness (QED) is 0.302. The summed E-state index contributed by atoms with van der Waals surface area (Å²) >= 11 is 12.5. The lowest BCUT2D eigenvalue weighted by Crippen LogP contribution is -2.29. The number of carbonyl (C=O) groups excluding carboxylic acids is 2. The van der Waals surface area contributed by atoms with E-state index in [-0.39, 0.29) is 39.2 Å². The summed E-state index contributed by atoms with van der Waals surface area (Å²) in [6.45, 7) is 2.07. The maximum Gasteiger partial charge on any atom is 0.295 e. The van der Waals surface area contributed by atoms with Crippen molar-refractivity contribution in [3.05, 3.63) is 98.8 Å². The van der Waals surface area contributed by atoms with Gasteiger partial charge >= 0.3 is 0 Å². The Bertz CT molecular complexity index is 1250. The lowest BCUT2D eigenvalue weighted by molar-refractivity contribution is -0.140. The predicted octanol–water partition coefficient (Wildman–Crippen LogP) is 5.33. The minimum absolute atomic E-state index is 0.0354. The number of benzene rings is 2. The summed E-state index contributed by atoms with van der Waals surface area (Å²) in [5.41, 5.74) is 2.59. The fraction of sp³-hybridized carbons (Fsp3) is 0.160. The third-order valence-electron chi connectivity index (χ3n) is 5.45. The number of Topliss-reactive ketones (excluding diaryl/α,β-unsaturated/α-hetero) is 1. The third kappa shape index (κ3) is 4.32. The molecule has 33 heavy (non-hydrogen) atoms. The molecule has 4 rings (SSSR count). The highest BCUT2D eigenvalue weighted by Gasteiger charge is 2.46. The summed E-state index contributed by atoms with van der Waals surface area (Å²) in [7, 11) is 1.42. The van der Waals surface area contributed by atoms with Gasteiger partial charge < -0.3 is 14.7 Å². The lowest BCUT2D eigenvalue weighted by Gasteiger charge is -2.25. The molecule has 1 saturated heterocycles. The van der Waals surface area contributed by atoms with E-state index in [4.69, 9.17) is 27.9 Å². The number of hydrogen-bond acceptors (Lipinski definition) is 5. The van der Waals surface area contributed by atoms with E-state index in [1.807, 2.05) is 37.3 Å². The monoisotopic (exact) mass is 482 g/mol. The van der Waals surface area contributed by atoms with E-state index in [9.17, 15) is 14.7 Å². The van der Waals surface area contributed by atoms with Gasteiger partial charge in [-0.15, -0.1) is 0 Å². The minimum atomic E-state index is -0.801. The molecule has 0 saturated carbocycles. The van der Waals surface area contributed by atoms with Crippen LogP contribution in [0.3, 0.4) is 0 Å². The van der Waals surface area contributed by atoms with Gasteiger partial charge in [0.1, 0.15) is 5.76 Å². The fourth-order valence-corrected chi connectivity index (χ4v) is 4.61. The van der Waals surface area contributed by atoms with E-state index in [0.29, 0.717) is 5.56 Å². The van der Waals surface area contributed by atoms with E-state index in [1.54, 1.807) is 18.5 Å². The molecule has 0 radical (unpaired) electrons. The highest BCUT2D eigenvalue weighted by Crippen LogP contribution is 2.42. The summed E-state index contributed by atoms with van der Waals surface area (Å²) in [6.07, 6.45) is 3.27. The van der Waals surface area contributed by atoms with E-state index >= 15 is 0 Å². The third-order valence-corrected chi connectivity index (χ3v) is 6.01. The van der Waals surface area contributed by atoms with Crippen LogP contribution in [0.5, 0.6) is 5.75 Å².